The van der Waals surface area contributed by atoms with Crippen molar-refractivity contribution in [2.45, 2.75) is 20.8 Å². The summed E-state index contributed by atoms with van der Waals surface area (Å²) in [6.45, 7) is 6.10. The largest absolute Gasteiger partial charge is 0.251 e. The molecular formula is C8H13NS. The van der Waals surface area contributed by atoms with Crippen molar-refractivity contribution >= 4 is 26.0 Å². The summed E-state index contributed by atoms with van der Waals surface area (Å²) >= 11 is 0. The van der Waals surface area contributed by atoms with Crippen LogP contribution in [0.25, 0.3) is 0 Å². The zero-order chi connectivity index (χ0) is 7.94. The maximum atomic E-state index is 4.33. The Labute approximate surface area is 63.0 Å². The summed E-state index contributed by atoms with van der Waals surface area (Å²) in [5.74, 6) is 8.13. The molecule has 56 valence electrons. The number of hydrogen-bond donors (Lipinski definition) is 0. The highest BCUT2D eigenvalue weighted by Crippen LogP contribution is 2.39. The Balaban J connectivity index is 3.39. The summed E-state index contributed by atoms with van der Waals surface area (Å²) in [5.41, 5.74) is 1.11. The lowest BCUT2D eigenvalue weighted by molar-refractivity contribution is 1.29. The van der Waals surface area contributed by atoms with Gasteiger partial charge >= 0.3 is 0 Å². The molecular weight excluding hydrogens is 142 g/mol. The average molecular weight is 155 g/mol. The third kappa shape index (κ3) is 0.833. The van der Waals surface area contributed by atoms with E-state index in [0.717, 1.165) is 10.7 Å². The second-order valence-electron chi connectivity index (χ2n) is 2.66. The molecule has 1 nitrogen and oxygen atoms in total. The molecule has 1 aliphatic rings. The predicted molar refractivity (Wildman–Crippen MR) is 53.3 cm³/mol. The zero-order valence-electron chi connectivity index (χ0n) is 6.77. The minimum absolute atomic E-state index is 1.10. The standard InChI is InChI=1S/C8H13NS/c1-6-7(2)10(4,5)8(3)9-6/h4-5H2,1-3H3. The summed E-state index contributed by atoms with van der Waals surface area (Å²) in [5, 5.41) is 1.10. The highest BCUT2D eigenvalue weighted by Gasteiger charge is 2.13. The van der Waals surface area contributed by atoms with Gasteiger partial charge in [-0.1, -0.05) is 11.7 Å². The summed E-state index contributed by atoms with van der Waals surface area (Å²) in [4.78, 5) is 5.60. The van der Waals surface area contributed by atoms with Gasteiger partial charge in [0, 0.05) is 5.70 Å². The first kappa shape index (κ1) is 7.61. The van der Waals surface area contributed by atoms with Crippen LogP contribution in [0.1, 0.15) is 20.8 Å². The van der Waals surface area contributed by atoms with Crippen molar-refractivity contribution < 1.29 is 0 Å². The fourth-order valence-corrected chi connectivity index (χ4v) is 2.27. The SMILES string of the molecule is C=S1(=C)C(C)=NC(C)=C1C. The van der Waals surface area contributed by atoms with E-state index in [0.29, 0.717) is 0 Å². The summed E-state index contributed by atoms with van der Waals surface area (Å²) in [6, 6.07) is 0. The molecule has 0 saturated heterocycles. The molecule has 0 aromatic rings. The normalized spacial score (nSPS) is 23.3. The van der Waals surface area contributed by atoms with E-state index in [2.05, 4.69) is 23.7 Å². The Bertz CT molecular complexity index is 315. The molecule has 10 heavy (non-hydrogen) atoms. The first-order valence-electron chi connectivity index (χ1n) is 3.18. The van der Waals surface area contributed by atoms with Gasteiger partial charge in [0.25, 0.3) is 0 Å². The number of rotatable bonds is 0. The lowest BCUT2D eigenvalue weighted by Gasteiger charge is -2.06. The number of nitrogens with zero attached hydrogens (tertiary/aromatic N) is 1. The fourth-order valence-electron chi connectivity index (χ4n) is 0.907. The molecule has 0 fully saturated rings. The highest BCUT2D eigenvalue weighted by molar-refractivity contribution is 8.42. The van der Waals surface area contributed by atoms with Gasteiger partial charge in [0.05, 0.1) is 5.04 Å². The van der Waals surface area contributed by atoms with Crippen LogP contribution in [0.3, 0.4) is 0 Å². The lowest BCUT2D eigenvalue weighted by atomic mass is 10.5. The van der Waals surface area contributed by atoms with Gasteiger partial charge in [-0.3, -0.25) is 4.99 Å². The first-order chi connectivity index (χ1) is 4.46. The predicted octanol–water partition coefficient (Wildman–Crippen LogP) is 2.34. The van der Waals surface area contributed by atoms with E-state index in [-0.39, 0.29) is 0 Å². The second-order valence-corrected chi connectivity index (χ2v) is 5.63. The van der Waals surface area contributed by atoms with Crippen molar-refractivity contribution in [2.75, 3.05) is 0 Å². The average Bonchev–Trinajstić information content (AvgIpc) is 1.97. The fraction of sp³-hybridized carbons (Fsp3) is 0.375. The van der Waals surface area contributed by atoms with Gasteiger partial charge in [-0.25, -0.2) is 0 Å². The number of aliphatic imine (C=N–C) groups is 1. The van der Waals surface area contributed by atoms with Crippen LogP contribution in [0.2, 0.25) is 0 Å². The zero-order valence-corrected chi connectivity index (χ0v) is 7.59. The molecule has 0 aromatic carbocycles. The van der Waals surface area contributed by atoms with Crippen LogP contribution >= 0.6 is 9.21 Å². The molecule has 0 aromatic heterocycles. The lowest BCUT2D eigenvalue weighted by Crippen LogP contribution is -1.85. The van der Waals surface area contributed by atoms with Gasteiger partial charge in [0.1, 0.15) is 0 Å². The molecule has 0 saturated carbocycles. The Kier molecular flexibility index (Phi) is 1.51. The molecule has 0 aliphatic carbocycles. The second kappa shape index (κ2) is 1.99. The van der Waals surface area contributed by atoms with E-state index in [1.807, 2.05) is 13.8 Å². The molecule has 0 bridgehead atoms. The van der Waals surface area contributed by atoms with Crippen LogP contribution in [0.4, 0.5) is 0 Å². The minimum Gasteiger partial charge on any atom is -0.251 e. The van der Waals surface area contributed by atoms with Crippen LogP contribution in [0.5, 0.6) is 0 Å². The van der Waals surface area contributed by atoms with Crippen LogP contribution in [-0.4, -0.2) is 16.8 Å². The van der Waals surface area contributed by atoms with Crippen molar-refractivity contribution in [3.05, 3.63) is 10.6 Å². The van der Waals surface area contributed by atoms with Crippen LogP contribution in [0, 0.1) is 0 Å². The summed E-state index contributed by atoms with van der Waals surface area (Å²) in [6.07, 6.45) is 0. The van der Waals surface area contributed by atoms with E-state index in [4.69, 9.17) is 0 Å². The van der Waals surface area contributed by atoms with Crippen LogP contribution < -0.4 is 0 Å². The van der Waals surface area contributed by atoms with Crippen molar-refractivity contribution in [3.8, 4) is 0 Å². The van der Waals surface area contributed by atoms with Gasteiger partial charge in [0.2, 0.25) is 0 Å². The first-order valence-corrected chi connectivity index (χ1v) is 5.15. The maximum Gasteiger partial charge on any atom is 0.0632 e. The molecule has 0 N–H and O–H groups in total. The molecule has 1 rings (SSSR count). The van der Waals surface area contributed by atoms with Crippen molar-refractivity contribution in [2.24, 2.45) is 4.99 Å². The Morgan fingerprint density at radius 2 is 1.70 bits per heavy atom. The molecule has 0 atom stereocenters. The van der Waals surface area contributed by atoms with Gasteiger partial charge in [-0.2, -0.15) is 0 Å². The van der Waals surface area contributed by atoms with E-state index in [9.17, 15) is 0 Å². The topological polar surface area (TPSA) is 12.4 Å². The number of hydrogen-bond acceptors (Lipinski definition) is 1. The van der Waals surface area contributed by atoms with E-state index in [1.54, 1.807) is 0 Å². The molecule has 1 aliphatic heterocycles. The van der Waals surface area contributed by atoms with Crippen molar-refractivity contribution in [3.63, 3.8) is 0 Å². The van der Waals surface area contributed by atoms with Crippen molar-refractivity contribution in [1.82, 2.24) is 0 Å². The monoisotopic (exact) mass is 155 g/mol. The van der Waals surface area contributed by atoms with E-state index >= 15 is 0 Å². The molecule has 1 heterocycles. The quantitative estimate of drug-likeness (QED) is 0.476. The Morgan fingerprint density at radius 3 is 1.80 bits per heavy atom. The van der Waals surface area contributed by atoms with Gasteiger partial charge in [-0.05, 0) is 25.7 Å². The third-order valence-corrected chi connectivity index (χ3v) is 4.68. The van der Waals surface area contributed by atoms with Crippen LogP contribution in [-0.2, 0) is 0 Å². The number of allylic oxidation sites excluding steroid dienone is 2. The van der Waals surface area contributed by atoms with Gasteiger partial charge in [-0.15, -0.1) is 9.21 Å². The Morgan fingerprint density at radius 1 is 1.20 bits per heavy atom. The minimum atomic E-state index is -1.12. The van der Waals surface area contributed by atoms with Gasteiger partial charge in [0.15, 0.2) is 0 Å². The molecule has 0 unspecified atom stereocenters. The van der Waals surface area contributed by atoms with Crippen LogP contribution in [0.15, 0.2) is 15.6 Å². The molecule has 0 spiro atoms. The van der Waals surface area contributed by atoms with Gasteiger partial charge < -0.3 is 0 Å². The smallest absolute Gasteiger partial charge is 0.0632 e. The van der Waals surface area contributed by atoms with E-state index < -0.39 is 9.21 Å². The molecule has 0 amide bonds. The highest BCUT2D eigenvalue weighted by atomic mass is 32.2. The third-order valence-electron chi connectivity index (χ3n) is 1.99. The summed E-state index contributed by atoms with van der Waals surface area (Å²) in [7, 11) is -1.12. The van der Waals surface area contributed by atoms with Crippen molar-refractivity contribution in [1.29, 1.82) is 0 Å². The van der Waals surface area contributed by atoms with E-state index in [1.165, 1.54) is 4.91 Å². The molecule has 2 heteroatoms. The summed E-state index contributed by atoms with van der Waals surface area (Å²) < 4.78 is 0. The Hall–Kier alpha value is -0.500. The molecule has 0 radical (unpaired) electrons. The maximum absolute atomic E-state index is 4.33.